The van der Waals surface area contributed by atoms with Crippen molar-refractivity contribution in [2.24, 2.45) is 5.92 Å². The first-order valence-electron chi connectivity index (χ1n) is 13.2. The van der Waals surface area contributed by atoms with Crippen molar-refractivity contribution in [3.8, 4) is 11.5 Å². The summed E-state index contributed by atoms with van der Waals surface area (Å²) < 4.78 is 17.0. The largest absolute Gasteiger partial charge is 0.503 e. The number of Topliss-reactive ketones (excluding diaryl/α,β-unsaturated/α-hetero) is 1. The fourth-order valence-corrected chi connectivity index (χ4v) is 5.92. The first-order valence-corrected chi connectivity index (χ1v) is 14.9. The van der Waals surface area contributed by atoms with Gasteiger partial charge >= 0.3 is 5.97 Å². The second-order valence-electron chi connectivity index (χ2n) is 9.61. The van der Waals surface area contributed by atoms with Gasteiger partial charge in [-0.25, -0.2) is 9.78 Å². The van der Waals surface area contributed by atoms with Crippen LogP contribution in [-0.2, 0) is 9.53 Å². The molecule has 1 aliphatic heterocycles. The molecule has 0 aliphatic carbocycles. The zero-order chi connectivity index (χ0) is 29.7. The van der Waals surface area contributed by atoms with Gasteiger partial charge in [0.05, 0.1) is 35.4 Å². The molecule has 41 heavy (non-hydrogen) atoms. The van der Waals surface area contributed by atoms with E-state index in [1.54, 1.807) is 42.6 Å². The normalized spacial score (nSPS) is 15.0. The molecule has 0 saturated carbocycles. The summed E-state index contributed by atoms with van der Waals surface area (Å²) in [4.78, 5) is 46.1. The maximum absolute atomic E-state index is 13.7. The number of aliphatic hydroxyl groups excluding tert-OH is 1. The lowest BCUT2D eigenvalue weighted by molar-refractivity contribution is -0.117. The number of carbonyl (C=O) groups is 3. The van der Waals surface area contributed by atoms with E-state index < -0.39 is 29.5 Å². The SMILES string of the molecule is C=CCOC(=O)c1sc(N2C(=O)C(O)=C(C(=O)c3cccs3)C2c2ccc(OCCC(C)C)c(OCC)c2)nc1C. The lowest BCUT2D eigenvalue weighted by atomic mass is 9.95. The number of aromatic nitrogens is 1. The third-order valence-corrected chi connectivity index (χ3v) is 8.25. The number of ether oxygens (including phenoxy) is 3. The van der Waals surface area contributed by atoms with Crippen LogP contribution in [0.4, 0.5) is 5.13 Å². The van der Waals surface area contributed by atoms with Gasteiger partial charge < -0.3 is 19.3 Å². The van der Waals surface area contributed by atoms with Gasteiger partial charge in [-0.05, 0) is 55.3 Å². The molecule has 1 atom stereocenters. The number of aryl methyl sites for hydroxylation is 1. The summed E-state index contributed by atoms with van der Waals surface area (Å²) in [5, 5.41) is 13.0. The van der Waals surface area contributed by atoms with E-state index in [0.717, 1.165) is 17.8 Å². The smallest absolute Gasteiger partial charge is 0.350 e. The molecule has 0 spiro atoms. The molecule has 0 radical (unpaired) electrons. The highest BCUT2D eigenvalue weighted by Crippen LogP contribution is 2.45. The number of amides is 1. The molecule has 1 N–H and O–H groups in total. The zero-order valence-corrected chi connectivity index (χ0v) is 25.0. The fraction of sp³-hybridized carbons (Fsp3) is 0.333. The number of esters is 1. The van der Waals surface area contributed by atoms with Crippen LogP contribution in [0.2, 0.25) is 0 Å². The summed E-state index contributed by atoms with van der Waals surface area (Å²) >= 11 is 2.15. The van der Waals surface area contributed by atoms with Gasteiger partial charge in [-0.15, -0.1) is 11.3 Å². The molecule has 4 rings (SSSR count). The Morgan fingerprint density at radius 1 is 1.22 bits per heavy atom. The zero-order valence-electron chi connectivity index (χ0n) is 23.3. The monoisotopic (exact) mass is 596 g/mol. The Labute approximate surface area is 246 Å². The van der Waals surface area contributed by atoms with E-state index in [4.69, 9.17) is 14.2 Å². The topological polar surface area (TPSA) is 115 Å². The lowest BCUT2D eigenvalue weighted by Crippen LogP contribution is -2.31. The third kappa shape index (κ3) is 6.36. The highest BCUT2D eigenvalue weighted by atomic mass is 32.1. The standard InChI is InChI=1S/C30H32N2O7S2/c1-6-13-39-29(36)27-18(5)31-30(41-27)32-24(23(26(34)28(32)35)25(33)22-9-8-15-40-22)19-10-11-20(21(16-19)37-7-2)38-14-12-17(3)4/h6,8-11,15-17,24,34H,1,7,12-14H2,2-5H3. The molecule has 2 aromatic heterocycles. The molecule has 3 heterocycles. The first kappa shape index (κ1) is 30.0. The summed E-state index contributed by atoms with van der Waals surface area (Å²) in [6, 6.07) is 7.49. The molecule has 0 fully saturated rings. The van der Waals surface area contributed by atoms with Gasteiger partial charge in [0.15, 0.2) is 22.4 Å². The van der Waals surface area contributed by atoms with Crippen LogP contribution < -0.4 is 14.4 Å². The molecule has 1 amide bonds. The van der Waals surface area contributed by atoms with Crippen molar-refractivity contribution in [2.45, 2.75) is 40.2 Å². The van der Waals surface area contributed by atoms with Crippen LogP contribution in [0.5, 0.6) is 11.5 Å². The number of hydrogen-bond acceptors (Lipinski definition) is 10. The van der Waals surface area contributed by atoms with Gasteiger partial charge in [-0.1, -0.05) is 50.0 Å². The van der Waals surface area contributed by atoms with Crippen molar-refractivity contribution in [1.82, 2.24) is 4.98 Å². The van der Waals surface area contributed by atoms with E-state index in [2.05, 4.69) is 25.4 Å². The van der Waals surface area contributed by atoms with E-state index >= 15 is 0 Å². The molecule has 11 heteroatoms. The maximum Gasteiger partial charge on any atom is 0.350 e. The number of rotatable bonds is 13. The molecular weight excluding hydrogens is 564 g/mol. The number of carbonyl (C=O) groups excluding carboxylic acids is 3. The molecule has 3 aromatic rings. The molecule has 9 nitrogen and oxygen atoms in total. The Balaban J connectivity index is 1.81. The van der Waals surface area contributed by atoms with Gasteiger partial charge in [0.1, 0.15) is 11.5 Å². The Morgan fingerprint density at radius 3 is 2.66 bits per heavy atom. The van der Waals surface area contributed by atoms with Crippen molar-refractivity contribution >= 4 is 45.5 Å². The Hall–Kier alpha value is -3.96. The molecule has 0 bridgehead atoms. The van der Waals surface area contributed by atoms with Crippen LogP contribution in [0.25, 0.3) is 0 Å². The predicted molar refractivity (Wildman–Crippen MR) is 158 cm³/mol. The summed E-state index contributed by atoms with van der Waals surface area (Å²) in [6.07, 6.45) is 2.31. The highest BCUT2D eigenvalue weighted by molar-refractivity contribution is 7.17. The van der Waals surface area contributed by atoms with Crippen LogP contribution in [0.15, 0.2) is 59.7 Å². The molecule has 216 valence electrons. The molecule has 0 saturated heterocycles. The Kier molecular flexibility index (Phi) is 9.61. The maximum atomic E-state index is 13.7. The predicted octanol–water partition coefficient (Wildman–Crippen LogP) is 6.46. The van der Waals surface area contributed by atoms with Gasteiger partial charge in [0.2, 0.25) is 5.78 Å². The minimum Gasteiger partial charge on any atom is -0.503 e. The molecule has 1 aliphatic rings. The van der Waals surface area contributed by atoms with Crippen LogP contribution >= 0.6 is 22.7 Å². The average molecular weight is 597 g/mol. The molecule has 1 unspecified atom stereocenters. The molecule has 1 aromatic carbocycles. The van der Waals surface area contributed by atoms with Crippen LogP contribution in [0.3, 0.4) is 0 Å². The van der Waals surface area contributed by atoms with Crippen molar-refractivity contribution < 1.29 is 33.7 Å². The Bertz CT molecular complexity index is 1470. The van der Waals surface area contributed by atoms with Gasteiger partial charge in [-0.2, -0.15) is 0 Å². The van der Waals surface area contributed by atoms with Crippen LogP contribution in [-0.4, -0.2) is 47.6 Å². The lowest BCUT2D eigenvalue weighted by Gasteiger charge is -2.25. The number of anilines is 1. The quantitative estimate of drug-likeness (QED) is 0.136. The highest BCUT2D eigenvalue weighted by Gasteiger charge is 2.46. The number of thiazole rings is 1. The van der Waals surface area contributed by atoms with E-state index in [1.165, 1.54) is 22.3 Å². The summed E-state index contributed by atoms with van der Waals surface area (Å²) in [5.41, 5.74) is 0.773. The second kappa shape index (κ2) is 13.1. The molecular formula is C30H32N2O7S2. The number of ketones is 1. The van der Waals surface area contributed by atoms with Crippen molar-refractivity contribution in [3.05, 3.63) is 80.7 Å². The Morgan fingerprint density at radius 2 is 2.00 bits per heavy atom. The van der Waals surface area contributed by atoms with Crippen molar-refractivity contribution in [3.63, 3.8) is 0 Å². The second-order valence-corrected chi connectivity index (χ2v) is 11.5. The third-order valence-electron chi connectivity index (χ3n) is 6.24. The van der Waals surface area contributed by atoms with Gasteiger partial charge in [-0.3, -0.25) is 14.5 Å². The van der Waals surface area contributed by atoms with E-state index in [1.807, 2.05) is 6.92 Å². The summed E-state index contributed by atoms with van der Waals surface area (Å²) in [5.74, 6) is -1.13. The van der Waals surface area contributed by atoms with E-state index in [9.17, 15) is 19.5 Å². The number of nitrogens with zero attached hydrogens (tertiary/aromatic N) is 2. The number of hydrogen-bond donors (Lipinski definition) is 1. The fourth-order valence-electron chi connectivity index (χ4n) is 4.25. The van der Waals surface area contributed by atoms with E-state index in [0.29, 0.717) is 46.8 Å². The van der Waals surface area contributed by atoms with Gasteiger partial charge in [0.25, 0.3) is 5.91 Å². The van der Waals surface area contributed by atoms with Gasteiger partial charge in [0, 0.05) is 0 Å². The minimum atomic E-state index is -1.04. The van der Waals surface area contributed by atoms with Crippen molar-refractivity contribution in [2.75, 3.05) is 24.7 Å². The van der Waals surface area contributed by atoms with Crippen molar-refractivity contribution in [1.29, 1.82) is 0 Å². The van der Waals surface area contributed by atoms with E-state index in [-0.39, 0.29) is 22.2 Å². The summed E-state index contributed by atoms with van der Waals surface area (Å²) in [7, 11) is 0. The first-order chi connectivity index (χ1) is 19.7. The average Bonchev–Trinajstić information content (AvgIpc) is 3.67. The number of thiophene rings is 1. The number of aliphatic hydroxyl groups is 1. The van der Waals surface area contributed by atoms with Crippen LogP contribution in [0.1, 0.15) is 63.8 Å². The van der Waals surface area contributed by atoms with Crippen LogP contribution in [0, 0.1) is 12.8 Å². The minimum absolute atomic E-state index is 0.0182. The summed E-state index contributed by atoms with van der Waals surface area (Å²) in [6.45, 7) is 12.1. The number of benzene rings is 1.